The third-order valence-electron chi connectivity index (χ3n) is 4.69. The predicted molar refractivity (Wildman–Crippen MR) is 84.7 cm³/mol. The maximum absolute atomic E-state index is 6.59. The Kier molecular flexibility index (Phi) is 3.88. The molecule has 1 aliphatic rings. The van der Waals surface area contributed by atoms with E-state index in [1.165, 1.54) is 17.5 Å². The lowest BCUT2D eigenvalue weighted by molar-refractivity contribution is 0.464. The summed E-state index contributed by atoms with van der Waals surface area (Å²) >= 11 is 0. The molecule has 1 saturated carbocycles. The van der Waals surface area contributed by atoms with Crippen molar-refractivity contribution < 1.29 is 0 Å². The molecule has 4 atom stereocenters. The Morgan fingerprint density at radius 2 is 1.60 bits per heavy atom. The van der Waals surface area contributed by atoms with Gasteiger partial charge in [-0.05, 0) is 41.7 Å². The van der Waals surface area contributed by atoms with E-state index in [9.17, 15) is 0 Å². The van der Waals surface area contributed by atoms with Crippen LogP contribution in [0.2, 0.25) is 0 Å². The van der Waals surface area contributed by atoms with E-state index < -0.39 is 0 Å². The molecule has 4 unspecified atom stereocenters. The molecule has 20 heavy (non-hydrogen) atoms. The lowest BCUT2D eigenvalue weighted by Gasteiger charge is -2.23. The third kappa shape index (κ3) is 2.64. The fourth-order valence-electron chi connectivity index (χ4n) is 3.45. The van der Waals surface area contributed by atoms with Gasteiger partial charge in [-0.3, -0.25) is 0 Å². The maximum Gasteiger partial charge on any atom is 0.0142 e. The van der Waals surface area contributed by atoms with Gasteiger partial charge in [0.15, 0.2) is 0 Å². The van der Waals surface area contributed by atoms with Gasteiger partial charge in [-0.25, -0.2) is 0 Å². The molecule has 3 rings (SSSR count). The van der Waals surface area contributed by atoms with Crippen LogP contribution >= 0.6 is 0 Å². The van der Waals surface area contributed by atoms with Crippen molar-refractivity contribution in [3.05, 3.63) is 71.8 Å². The monoisotopic (exact) mass is 265 g/mol. The lowest BCUT2D eigenvalue weighted by Crippen LogP contribution is -2.31. The molecule has 104 valence electrons. The van der Waals surface area contributed by atoms with E-state index in [0.29, 0.717) is 17.8 Å². The topological polar surface area (TPSA) is 26.0 Å². The molecule has 2 N–H and O–H groups in total. The van der Waals surface area contributed by atoms with Crippen LogP contribution in [0.15, 0.2) is 60.7 Å². The van der Waals surface area contributed by atoms with Crippen LogP contribution in [0.1, 0.15) is 42.7 Å². The molecule has 0 saturated heterocycles. The Bertz CT molecular complexity index is 534. The Morgan fingerprint density at radius 3 is 2.20 bits per heavy atom. The fraction of sp³-hybridized carbons (Fsp3) is 0.368. The molecule has 2 aromatic rings. The number of hydrogen-bond acceptors (Lipinski definition) is 1. The normalized spacial score (nSPS) is 24.1. The lowest BCUT2D eigenvalue weighted by atomic mass is 9.86. The minimum Gasteiger partial charge on any atom is -0.327 e. The molecule has 1 heteroatoms. The minimum atomic E-state index is 0.271. The van der Waals surface area contributed by atoms with Gasteiger partial charge >= 0.3 is 0 Å². The third-order valence-corrected chi connectivity index (χ3v) is 4.69. The van der Waals surface area contributed by atoms with Gasteiger partial charge in [0, 0.05) is 6.04 Å². The fourth-order valence-corrected chi connectivity index (χ4v) is 3.45. The number of benzene rings is 2. The Morgan fingerprint density at radius 1 is 1.00 bits per heavy atom. The van der Waals surface area contributed by atoms with Crippen molar-refractivity contribution in [1.29, 1.82) is 0 Å². The first-order valence-electron chi connectivity index (χ1n) is 7.66. The van der Waals surface area contributed by atoms with Gasteiger partial charge in [0.2, 0.25) is 0 Å². The zero-order valence-electron chi connectivity index (χ0n) is 12.1. The van der Waals surface area contributed by atoms with Crippen molar-refractivity contribution >= 4 is 0 Å². The van der Waals surface area contributed by atoms with E-state index >= 15 is 0 Å². The van der Waals surface area contributed by atoms with Crippen LogP contribution in [-0.4, -0.2) is 6.04 Å². The molecule has 0 heterocycles. The van der Waals surface area contributed by atoms with Crippen LogP contribution in [-0.2, 0) is 0 Å². The van der Waals surface area contributed by atoms with Crippen molar-refractivity contribution in [2.75, 3.05) is 0 Å². The number of rotatable bonds is 5. The molecule has 0 spiro atoms. The minimum absolute atomic E-state index is 0.271. The summed E-state index contributed by atoms with van der Waals surface area (Å²) in [6.07, 6.45) is 2.36. The smallest absolute Gasteiger partial charge is 0.0142 e. The maximum atomic E-state index is 6.59. The van der Waals surface area contributed by atoms with Crippen molar-refractivity contribution in [3.63, 3.8) is 0 Å². The van der Waals surface area contributed by atoms with Crippen molar-refractivity contribution in [2.24, 2.45) is 11.7 Å². The molecule has 1 fully saturated rings. The van der Waals surface area contributed by atoms with Gasteiger partial charge in [0.25, 0.3) is 0 Å². The first-order chi connectivity index (χ1) is 9.81. The predicted octanol–water partition coefficient (Wildman–Crippen LogP) is 4.31. The van der Waals surface area contributed by atoms with Crippen LogP contribution in [0, 0.1) is 5.92 Å². The Labute approximate surface area is 121 Å². The number of nitrogens with two attached hydrogens (primary N) is 1. The average Bonchev–Trinajstić information content (AvgIpc) is 3.30. The highest BCUT2D eigenvalue weighted by Gasteiger charge is 2.44. The summed E-state index contributed by atoms with van der Waals surface area (Å²) in [4.78, 5) is 0. The second kappa shape index (κ2) is 5.80. The van der Waals surface area contributed by atoms with Crippen molar-refractivity contribution in [3.8, 4) is 0 Å². The highest BCUT2D eigenvalue weighted by Crippen LogP contribution is 2.51. The average molecular weight is 265 g/mol. The van der Waals surface area contributed by atoms with E-state index in [4.69, 9.17) is 5.73 Å². The molecule has 0 radical (unpaired) electrons. The quantitative estimate of drug-likeness (QED) is 0.856. The largest absolute Gasteiger partial charge is 0.327 e. The van der Waals surface area contributed by atoms with Gasteiger partial charge in [-0.1, -0.05) is 67.6 Å². The van der Waals surface area contributed by atoms with Crippen molar-refractivity contribution in [1.82, 2.24) is 0 Å². The highest BCUT2D eigenvalue weighted by atomic mass is 14.7. The van der Waals surface area contributed by atoms with Gasteiger partial charge in [-0.2, -0.15) is 0 Å². The molecular weight excluding hydrogens is 242 g/mol. The van der Waals surface area contributed by atoms with Crippen LogP contribution in [0.4, 0.5) is 0 Å². The zero-order valence-corrected chi connectivity index (χ0v) is 12.1. The van der Waals surface area contributed by atoms with Crippen LogP contribution in [0.25, 0.3) is 0 Å². The van der Waals surface area contributed by atoms with Crippen LogP contribution in [0.3, 0.4) is 0 Å². The first kappa shape index (κ1) is 13.4. The molecule has 0 amide bonds. The molecule has 2 aromatic carbocycles. The molecular formula is C19H23N. The first-order valence-corrected chi connectivity index (χ1v) is 7.66. The molecule has 0 bridgehead atoms. The summed E-state index contributed by atoms with van der Waals surface area (Å²) < 4.78 is 0. The molecule has 0 aromatic heterocycles. The van der Waals surface area contributed by atoms with E-state index in [1.54, 1.807) is 0 Å². The SMILES string of the molecule is CCC(c1ccccc1)C(N)C1CC1c1ccccc1. The summed E-state index contributed by atoms with van der Waals surface area (Å²) in [7, 11) is 0. The summed E-state index contributed by atoms with van der Waals surface area (Å²) in [5.41, 5.74) is 9.44. The second-order valence-electron chi connectivity index (χ2n) is 5.92. The standard InChI is InChI=1S/C19H23N/c1-2-16(14-9-5-3-6-10-14)19(20)18-13-17(18)15-11-7-4-8-12-15/h3-12,16-19H,2,13,20H2,1H3. The summed E-state index contributed by atoms with van der Waals surface area (Å²) in [5, 5.41) is 0. The number of hydrogen-bond donors (Lipinski definition) is 1. The van der Waals surface area contributed by atoms with Gasteiger partial charge in [0.05, 0.1) is 0 Å². The van der Waals surface area contributed by atoms with E-state index in [0.717, 1.165) is 6.42 Å². The van der Waals surface area contributed by atoms with E-state index in [2.05, 4.69) is 67.6 Å². The van der Waals surface area contributed by atoms with E-state index in [-0.39, 0.29) is 6.04 Å². The Balaban J connectivity index is 1.72. The summed E-state index contributed by atoms with van der Waals surface area (Å²) in [5.74, 6) is 1.79. The zero-order chi connectivity index (χ0) is 13.9. The molecule has 1 aliphatic carbocycles. The van der Waals surface area contributed by atoms with Crippen LogP contribution < -0.4 is 5.73 Å². The highest BCUT2D eigenvalue weighted by molar-refractivity contribution is 5.29. The second-order valence-corrected chi connectivity index (χ2v) is 5.92. The van der Waals surface area contributed by atoms with Gasteiger partial charge in [-0.15, -0.1) is 0 Å². The van der Waals surface area contributed by atoms with Gasteiger partial charge < -0.3 is 5.73 Å². The summed E-state index contributed by atoms with van der Waals surface area (Å²) in [6.45, 7) is 2.25. The van der Waals surface area contributed by atoms with Gasteiger partial charge in [0.1, 0.15) is 0 Å². The Hall–Kier alpha value is -1.60. The van der Waals surface area contributed by atoms with Crippen LogP contribution in [0.5, 0.6) is 0 Å². The van der Waals surface area contributed by atoms with E-state index in [1.807, 2.05) is 0 Å². The van der Waals surface area contributed by atoms with Crippen molar-refractivity contribution in [2.45, 2.75) is 37.6 Å². The molecule has 0 aliphatic heterocycles. The summed E-state index contributed by atoms with van der Waals surface area (Å²) in [6, 6.07) is 21.8. The molecule has 1 nitrogen and oxygen atoms in total.